The fourth-order valence-electron chi connectivity index (χ4n) is 4.24. The summed E-state index contributed by atoms with van der Waals surface area (Å²) >= 11 is 0. The Kier molecular flexibility index (Phi) is 5.65. The van der Waals surface area contributed by atoms with Crippen LogP contribution in [0.1, 0.15) is 19.4 Å². The van der Waals surface area contributed by atoms with Gasteiger partial charge in [-0.15, -0.1) is 0 Å². The highest BCUT2D eigenvalue weighted by molar-refractivity contribution is 5.95. The van der Waals surface area contributed by atoms with Crippen molar-refractivity contribution >= 4 is 22.5 Å². The first kappa shape index (κ1) is 19.6. The van der Waals surface area contributed by atoms with Crippen LogP contribution in [0, 0.1) is 17.2 Å². The largest absolute Gasteiger partial charge is 0.365 e. The molecule has 0 spiro atoms. The van der Waals surface area contributed by atoms with Crippen LogP contribution in [0.15, 0.2) is 30.5 Å². The van der Waals surface area contributed by atoms with Crippen molar-refractivity contribution in [3.8, 4) is 6.07 Å². The van der Waals surface area contributed by atoms with Gasteiger partial charge in [0, 0.05) is 49.4 Å². The van der Waals surface area contributed by atoms with Crippen LogP contribution < -0.4 is 10.2 Å². The van der Waals surface area contributed by atoms with Gasteiger partial charge in [0.25, 0.3) is 5.91 Å². The number of ether oxygens (including phenoxy) is 1. The molecule has 2 fully saturated rings. The van der Waals surface area contributed by atoms with Crippen LogP contribution in [0.5, 0.6) is 0 Å². The van der Waals surface area contributed by atoms with E-state index in [1.54, 1.807) is 6.20 Å². The Morgan fingerprint density at radius 3 is 2.90 bits per heavy atom. The van der Waals surface area contributed by atoms with E-state index in [0.29, 0.717) is 30.1 Å². The summed E-state index contributed by atoms with van der Waals surface area (Å²) in [6.07, 6.45) is 1.18. The summed E-state index contributed by atoms with van der Waals surface area (Å²) in [5, 5.41) is 13.7. The number of anilines is 1. The lowest BCUT2D eigenvalue weighted by molar-refractivity contribution is -0.154. The van der Waals surface area contributed by atoms with Crippen molar-refractivity contribution in [3.05, 3.63) is 36.0 Å². The zero-order chi connectivity index (χ0) is 20.4. The first-order chi connectivity index (χ1) is 14.1. The third-order valence-corrected chi connectivity index (χ3v) is 5.70. The molecule has 29 heavy (non-hydrogen) atoms. The maximum Gasteiger partial charge on any atom is 0.253 e. The molecule has 1 aromatic heterocycles. The summed E-state index contributed by atoms with van der Waals surface area (Å²) in [5.74, 6) is 0.606. The number of fused-ring (bicyclic) bond motifs is 1. The number of aromatic nitrogens is 1. The van der Waals surface area contributed by atoms with Gasteiger partial charge in [0.15, 0.2) is 6.10 Å². The molecular weight excluding hydrogens is 366 g/mol. The van der Waals surface area contributed by atoms with Gasteiger partial charge in [-0.1, -0.05) is 6.92 Å². The monoisotopic (exact) mass is 393 g/mol. The molecule has 0 bridgehead atoms. The van der Waals surface area contributed by atoms with Crippen LogP contribution in [0.4, 0.5) is 5.69 Å². The van der Waals surface area contributed by atoms with Crippen molar-refractivity contribution in [2.75, 3.05) is 44.2 Å². The Morgan fingerprint density at radius 2 is 2.14 bits per heavy atom. The van der Waals surface area contributed by atoms with Crippen LogP contribution in [0.3, 0.4) is 0 Å². The zero-order valence-electron chi connectivity index (χ0n) is 17.0. The van der Waals surface area contributed by atoms with Gasteiger partial charge >= 0.3 is 0 Å². The Hall–Kier alpha value is -2.69. The van der Waals surface area contributed by atoms with Crippen molar-refractivity contribution in [2.24, 2.45) is 5.92 Å². The topological polar surface area (TPSA) is 81.5 Å². The number of benzene rings is 1. The molecule has 1 amide bonds. The fraction of sp³-hybridized carbons (Fsp3) is 0.500. The molecule has 3 heterocycles. The molecule has 2 aliphatic rings. The van der Waals surface area contributed by atoms with Gasteiger partial charge in [-0.05, 0) is 37.7 Å². The van der Waals surface area contributed by atoms with Gasteiger partial charge in [-0.3, -0.25) is 9.78 Å². The average Bonchev–Trinajstić information content (AvgIpc) is 2.71. The van der Waals surface area contributed by atoms with E-state index in [9.17, 15) is 10.1 Å². The van der Waals surface area contributed by atoms with Gasteiger partial charge in [0.1, 0.15) is 6.07 Å². The van der Waals surface area contributed by atoms with E-state index in [-0.39, 0.29) is 12.0 Å². The Bertz CT molecular complexity index is 934. The molecule has 2 saturated heterocycles. The fourth-order valence-corrected chi connectivity index (χ4v) is 4.24. The van der Waals surface area contributed by atoms with Gasteiger partial charge in [0.05, 0.1) is 23.7 Å². The molecule has 0 unspecified atom stereocenters. The van der Waals surface area contributed by atoms with Crippen LogP contribution in [-0.2, 0) is 9.53 Å². The third-order valence-electron chi connectivity index (χ3n) is 5.70. The number of morpholine rings is 1. The summed E-state index contributed by atoms with van der Waals surface area (Å²) in [4.78, 5) is 21.5. The van der Waals surface area contributed by atoms with E-state index in [4.69, 9.17) is 4.74 Å². The number of rotatable bonds is 5. The lowest BCUT2D eigenvalue weighted by atomic mass is 9.98. The number of hydrogen-bond acceptors (Lipinski definition) is 6. The van der Waals surface area contributed by atoms with Crippen molar-refractivity contribution in [1.82, 2.24) is 15.2 Å². The maximum atomic E-state index is 13.0. The summed E-state index contributed by atoms with van der Waals surface area (Å²) in [5.41, 5.74) is 2.25. The molecule has 7 nitrogen and oxygen atoms in total. The third kappa shape index (κ3) is 3.91. The second kappa shape index (κ2) is 8.36. The van der Waals surface area contributed by atoms with Gasteiger partial charge in [-0.25, -0.2) is 0 Å². The Labute approximate surface area is 171 Å². The van der Waals surface area contributed by atoms with Gasteiger partial charge in [0.2, 0.25) is 0 Å². The van der Waals surface area contributed by atoms with Gasteiger partial charge < -0.3 is 19.9 Å². The van der Waals surface area contributed by atoms with E-state index < -0.39 is 6.10 Å². The maximum absolute atomic E-state index is 13.0. The van der Waals surface area contributed by atoms with E-state index in [1.165, 1.54) is 0 Å². The van der Waals surface area contributed by atoms with Crippen molar-refractivity contribution in [3.63, 3.8) is 0 Å². The Morgan fingerprint density at radius 1 is 1.31 bits per heavy atom. The number of pyridine rings is 1. The average molecular weight is 393 g/mol. The second-order valence-corrected chi connectivity index (χ2v) is 7.90. The number of nitriles is 1. The van der Waals surface area contributed by atoms with Gasteiger partial charge in [-0.2, -0.15) is 5.26 Å². The first-order valence-corrected chi connectivity index (χ1v) is 10.3. The first-order valence-electron chi connectivity index (χ1n) is 10.3. The minimum Gasteiger partial charge on any atom is -0.365 e. The summed E-state index contributed by atoms with van der Waals surface area (Å²) < 4.78 is 6.01. The molecule has 1 N–H and O–H groups in total. The van der Waals surface area contributed by atoms with Crippen LogP contribution in [0.2, 0.25) is 0 Å². The predicted molar refractivity (Wildman–Crippen MR) is 112 cm³/mol. The highest BCUT2D eigenvalue weighted by Crippen LogP contribution is 2.31. The zero-order valence-corrected chi connectivity index (χ0v) is 17.0. The number of nitrogens with one attached hydrogen (secondary N) is 1. The number of amides is 1. The quantitative estimate of drug-likeness (QED) is 0.834. The van der Waals surface area contributed by atoms with Crippen molar-refractivity contribution in [1.29, 1.82) is 5.26 Å². The SMILES string of the molecule is CCNCC1CN(C(=O)[C@H]2CN(c3ccc(C#N)c4ncccc34)C[C@@H](C)O2)C1. The molecule has 4 rings (SSSR count). The normalized spacial score (nSPS) is 22.4. The van der Waals surface area contributed by atoms with Crippen LogP contribution in [0.25, 0.3) is 10.9 Å². The molecule has 7 heteroatoms. The molecule has 1 aromatic carbocycles. The predicted octanol–water partition coefficient (Wildman–Crippen LogP) is 1.77. The van der Waals surface area contributed by atoms with E-state index in [0.717, 1.165) is 37.3 Å². The smallest absolute Gasteiger partial charge is 0.253 e. The molecular formula is C22H27N5O2. The van der Waals surface area contributed by atoms with Crippen molar-refractivity contribution < 1.29 is 9.53 Å². The van der Waals surface area contributed by atoms with E-state index in [2.05, 4.69) is 28.2 Å². The van der Waals surface area contributed by atoms with Crippen LogP contribution >= 0.6 is 0 Å². The number of carbonyl (C=O) groups is 1. The molecule has 2 atom stereocenters. The standard InChI is InChI=1S/C22H27N5O2/c1-3-24-10-16-12-27(13-16)22(28)20-14-26(11-15(2)29-20)19-7-6-17(9-23)21-18(19)5-4-8-25-21/h4-8,15-16,20,24H,3,10-14H2,1-2H3/t15-,20-/m1/s1. The highest BCUT2D eigenvalue weighted by Gasteiger charge is 2.38. The lowest BCUT2D eigenvalue weighted by Gasteiger charge is -2.44. The summed E-state index contributed by atoms with van der Waals surface area (Å²) in [7, 11) is 0. The number of hydrogen-bond donors (Lipinski definition) is 1. The van der Waals surface area contributed by atoms with Crippen LogP contribution in [-0.4, -0.2) is 67.3 Å². The Balaban J connectivity index is 1.51. The second-order valence-electron chi connectivity index (χ2n) is 7.90. The number of carbonyl (C=O) groups excluding carboxylic acids is 1. The number of nitrogens with zero attached hydrogens (tertiary/aromatic N) is 4. The summed E-state index contributed by atoms with van der Waals surface area (Å²) in [6.45, 7) is 8.80. The molecule has 2 aliphatic heterocycles. The minimum absolute atomic E-state index is 0.0566. The summed E-state index contributed by atoms with van der Waals surface area (Å²) in [6, 6.07) is 9.84. The van der Waals surface area contributed by atoms with Crippen molar-refractivity contribution in [2.45, 2.75) is 26.1 Å². The lowest BCUT2D eigenvalue weighted by Crippen LogP contribution is -2.60. The molecule has 2 aromatic rings. The molecule has 0 aliphatic carbocycles. The van der Waals surface area contributed by atoms with E-state index in [1.807, 2.05) is 36.1 Å². The molecule has 0 saturated carbocycles. The number of likely N-dealkylation sites (tertiary alicyclic amines) is 1. The highest BCUT2D eigenvalue weighted by atomic mass is 16.5. The molecule has 0 radical (unpaired) electrons. The molecule has 152 valence electrons. The minimum atomic E-state index is -0.471. The van der Waals surface area contributed by atoms with E-state index >= 15 is 0 Å².